The molecule has 0 unspecified atom stereocenters. The van der Waals surface area contributed by atoms with Crippen molar-refractivity contribution in [2.24, 2.45) is 0 Å². The number of hydrogen-bond acceptors (Lipinski definition) is 2. The normalized spacial score (nSPS) is 11.2. The minimum absolute atomic E-state index is 0.315. The molecule has 1 heterocycles. The molecule has 0 aliphatic rings. The Morgan fingerprint density at radius 2 is 1.53 bits per heavy atom. The highest BCUT2D eigenvalue weighted by molar-refractivity contribution is 6.00. The maximum Gasteiger partial charge on any atom is 0.416 e. The number of halogens is 3. The Morgan fingerprint density at radius 3 is 2.19 bits per heavy atom. The number of anilines is 2. The van der Waals surface area contributed by atoms with Crippen LogP contribution in [-0.2, 0) is 6.18 Å². The summed E-state index contributed by atoms with van der Waals surface area (Å²) in [6, 6.07) is 22.4. The highest BCUT2D eigenvalue weighted by Gasteiger charge is 2.30. The van der Waals surface area contributed by atoms with Gasteiger partial charge in [0.25, 0.3) is 0 Å². The van der Waals surface area contributed by atoms with E-state index in [9.17, 15) is 18.0 Å². The van der Waals surface area contributed by atoms with E-state index in [0.29, 0.717) is 22.9 Å². The van der Waals surface area contributed by atoms with Gasteiger partial charge in [-0.1, -0.05) is 48.5 Å². The van der Waals surface area contributed by atoms with E-state index in [-0.39, 0.29) is 0 Å². The van der Waals surface area contributed by atoms with Gasteiger partial charge in [-0.15, -0.1) is 0 Å². The van der Waals surface area contributed by atoms with Crippen LogP contribution in [0.1, 0.15) is 11.1 Å². The summed E-state index contributed by atoms with van der Waals surface area (Å²) in [5.41, 5.74) is 2.53. The molecule has 0 radical (unpaired) electrons. The summed E-state index contributed by atoms with van der Waals surface area (Å²) in [6.07, 6.45) is -4.44. The molecule has 0 saturated heterocycles. The van der Waals surface area contributed by atoms with Crippen LogP contribution >= 0.6 is 0 Å². The molecule has 0 aliphatic heterocycles. The summed E-state index contributed by atoms with van der Waals surface area (Å²) < 4.78 is 40.3. The number of amides is 2. The predicted molar refractivity (Wildman–Crippen MR) is 118 cm³/mol. The first-order chi connectivity index (χ1) is 15.3. The van der Waals surface area contributed by atoms with Crippen molar-refractivity contribution in [1.82, 2.24) is 9.78 Å². The van der Waals surface area contributed by atoms with Crippen molar-refractivity contribution in [1.29, 1.82) is 0 Å². The number of benzene rings is 3. The van der Waals surface area contributed by atoms with Gasteiger partial charge in [-0.2, -0.15) is 18.3 Å². The Hall–Kier alpha value is -4.07. The van der Waals surface area contributed by atoms with E-state index in [1.807, 2.05) is 55.5 Å². The van der Waals surface area contributed by atoms with Gasteiger partial charge in [0.05, 0.1) is 16.9 Å². The number of urea groups is 1. The van der Waals surface area contributed by atoms with Gasteiger partial charge in [0.2, 0.25) is 0 Å². The van der Waals surface area contributed by atoms with Crippen molar-refractivity contribution in [3.05, 3.63) is 96.1 Å². The van der Waals surface area contributed by atoms with Gasteiger partial charge < -0.3 is 5.32 Å². The Bertz CT molecular complexity index is 1230. The Labute approximate surface area is 182 Å². The first-order valence-electron chi connectivity index (χ1n) is 9.78. The molecule has 1 aromatic heterocycles. The third-order valence-electron chi connectivity index (χ3n) is 4.85. The van der Waals surface area contributed by atoms with Crippen molar-refractivity contribution in [3.63, 3.8) is 0 Å². The number of alkyl halides is 3. The summed E-state index contributed by atoms with van der Waals surface area (Å²) in [7, 11) is 0. The monoisotopic (exact) mass is 436 g/mol. The summed E-state index contributed by atoms with van der Waals surface area (Å²) in [5.74, 6) is 0.315. The van der Waals surface area contributed by atoms with Crippen molar-refractivity contribution < 1.29 is 18.0 Å². The Morgan fingerprint density at radius 1 is 0.875 bits per heavy atom. The molecule has 8 heteroatoms. The predicted octanol–water partition coefficient (Wildman–Crippen LogP) is 6.51. The highest BCUT2D eigenvalue weighted by atomic mass is 19.4. The van der Waals surface area contributed by atoms with E-state index >= 15 is 0 Å². The van der Waals surface area contributed by atoms with E-state index in [4.69, 9.17) is 0 Å². The van der Waals surface area contributed by atoms with Gasteiger partial charge in [-0.25, -0.2) is 9.48 Å². The largest absolute Gasteiger partial charge is 0.416 e. The van der Waals surface area contributed by atoms with Gasteiger partial charge >= 0.3 is 12.2 Å². The summed E-state index contributed by atoms with van der Waals surface area (Å²) in [4.78, 5) is 12.6. The maximum absolute atomic E-state index is 13.0. The molecule has 0 bridgehead atoms. The SMILES string of the molecule is Cc1ccccc1NC(=O)Nc1cc(-c2ccccc2)nn1-c1ccc(C(F)(F)F)cc1. The van der Waals surface area contributed by atoms with Crippen LogP contribution in [0, 0.1) is 6.92 Å². The van der Waals surface area contributed by atoms with E-state index < -0.39 is 17.8 Å². The van der Waals surface area contributed by atoms with Crippen LogP contribution < -0.4 is 10.6 Å². The van der Waals surface area contributed by atoms with Gasteiger partial charge in [-0.3, -0.25) is 5.32 Å². The van der Waals surface area contributed by atoms with Crippen LogP contribution in [-0.4, -0.2) is 15.8 Å². The van der Waals surface area contributed by atoms with Crippen LogP contribution in [0.2, 0.25) is 0 Å². The van der Waals surface area contributed by atoms with E-state index in [1.54, 1.807) is 12.1 Å². The number of nitrogens with one attached hydrogen (secondary N) is 2. The molecular formula is C24H19F3N4O. The summed E-state index contributed by atoms with van der Waals surface area (Å²) >= 11 is 0. The average Bonchev–Trinajstić information content (AvgIpc) is 3.19. The van der Waals surface area contributed by atoms with E-state index in [2.05, 4.69) is 15.7 Å². The smallest absolute Gasteiger partial charge is 0.307 e. The number of para-hydroxylation sites is 1. The minimum atomic E-state index is -4.44. The second-order valence-electron chi connectivity index (χ2n) is 7.13. The average molecular weight is 436 g/mol. The fourth-order valence-corrected chi connectivity index (χ4v) is 3.19. The molecule has 0 atom stereocenters. The topological polar surface area (TPSA) is 59.0 Å². The molecule has 0 aliphatic carbocycles. The van der Waals surface area contributed by atoms with Crippen LogP contribution in [0.25, 0.3) is 16.9 Å². The number of rotatable bonds is 4. The summed E-state index contributed by atoms with van der Waals surface area (Å²) in [5, 5.41) is 10.0. The van der Waals surface area contributed by atoms with Crippen LogP contribution in [0.15, 0.2) is 84.9 Å². The van der Waals surface area contributed by atoms with Crippen molar-refractivity contribution in [2.75, 3.05) is 10.6 Å². The zero-order valence-corrected chi connectivity index (χ0v) is 17.0. The zero-order valence-electron chi connectivity index (χ0n) is 17.0. The maximum atomic E-state index is 13.0. The molecule has 2 N–H and O–H groups in total. The Balaban J connectivity index is 1.68. The molecule has 3 aromatic carbocycles. The van der Waals surface area contributed by atoms with Crippen molar-refractivity contribution >= 4 is 17.5 Å². The molecule has 5 nitrogen and oxygen atoms in total. The summed E-state index contributed by atoms with van der Waals surface area (Å²) in [6.45, 7) is 1.87. The molecular weight excluding hydrogens is 417 g/mol. The van der Waals surface area contributed by atoms with Crippen LogP contribution in [0.5, 0.6) is 0 Å². The minimum Gasteiger partial charge on any atom is -0.307 e. The fourth-order valence-electron chi connectivity index (χ4n) is 3.19. The number of aromatic nitrogens is 2. The second-order valence-corrected chi connectivity index (χ2v) is 7.13. The zero-order chi connectivity index (χ0) is 22.7. The number of hydrogen-bond donors (Lipinski definition) is 2. The molecule has 32 heavy (non-hydrogen) atoms. The first kappa shape index (κ1) is 21.2. The second kappa shape index (κ2) is 8.58. The van der Waals surface area contributed by atoms with Gasteiger partial charge in [-0.05, 0) is 42.8 Å². The molecule has 4 aromatic rings. The lowest BCUT2D eigenvalue weighted by Crippen LogP contribution is -2.21. The number of carbonyl (C=O) groups is 1. The van der Waals surface area contributed by atoms with Gasteiger partial charge in [0, 0.05) is 17.3 Å². The van der Waals surface area contributed by atoms with E-state index in [0.717, 1.165) is 23.3 Å². The third kappa shape index (κ3) is 4.64. The van der Waals surface area contributed by atoms with Gasteiger partial charge in [0.1, 0.15) is 5.82 Å². The van der Waals surface area contributed by atoms with Crippen molar-refractivity contribution in [2.45, 2.75) is 13.1 Å². The lowest BCUT2D eigenvalue weighted by atomic mass is 10.1. The lowest BCUT2D eigenvalue weighted by Gasteiger charge is -2.12. The number of aryl methyl sites for hydroxylation is 1. The highest BCUT2D eigenvalue weighted by Crippen LogP contribution is 2.31. The molecule has 0 fully saturated rings. The van der Waals surface area contributed by atoms with Crippen LogP contribution in [0.4, 0.5) is 29.5 Å². The van der Waals surface area contributed by atoms with Gasteiger partial charge in [0.15, 0.2) is 0 Å². The Kier molecular flexibility index (Phi) is 5.68. The van der Waals surface area contributed by atoms with Crippen LogP contribution in [0.3, 0.4) is 0 Å². The molecule has 0 saturated carbocycles. The lowest BCUT2D eigenvalue weighted by molar-refractivity contribution is -0.137. The standard InChI is InChI=1S/C24H19F3N4O/c1-16-7-5-6-10-20(16)28-23(32)29-22-15-21(17-8-3-2-4-9-17)30-31(22)19-13-11-18(12-14-19)24(25,26)27/h2-15H,1H3,(H2,28,29,32). The van der Waals surface area contributed by atoms with E-state index in [1.165, 1.54) is 16.8 Å². The number of nitrogens with zero attached hydrogens (tertiary/aromatic N) is 2. The number of carbonyl (C=O) groups excluding carboxylic acids is 1. The fraction of sp³-hybridized carbons (Fsp3) is 0.0833. The quantitative estimate of drug-likeness (QED) is 0.383. The third-order valence-corrected chi connectivity index (χ3v) is 4.85. The molecule has 162 valence electrons. The molecule has 0 spiro atoms. The van der Waals surface area contributed by atoms with Crippen molar-refractivity contribution in [3.8, 4) is 16.9 Å². The molecule has 2 amide bonds. The first-order valence-corrected chi connectivity index (χ1v) is 9.78. The molecule has 4 rings (SSSR count).